The molecule has 29 heavy (non-hydrogen) atoms. The maximum atomic E-state index is 12.4. The summed E-state index contributed by atoms with van der Waals surface area (Å²) in [5, 5.41) is 7.63. The molecule has 2 aromatic carbocycles. The molecule has 6 nitrogen and oxygen atoms in total. The van der Waals surface area contributed by atoms with Crippen molar-refractivity contribution < 1.29 is 4.79 Å². The molecule has 7 heteroatoms. The van der Waals surface area contributed by atoms with Crippen LogP contribution in [-0.2, 0) is 11.3 Å². The normalized spacial score (nSPS) is 10.4. The van der Waals surface area contributed by atoms with Crippen molar-refractivity contribution in [2.45, 2.75) is 41.2 Å². The van der Waals surface area contributed by atoms with Gasteiger partial charge in [-0.05, 0) is 24.6 Å². The molecule has 3 rings (SSSR count). The van der Waals surface area contributed by atoms with E-state index in [2.05, 4.69) is 15.4 Å². The number of hydrogen-bond donors (Lipinski definition) is 2. The molecule has 0 unspecified atom stereocenters. The Hall–Kier alpha value is -2.86. The lowest BCUT2D eigenvalue weighted by atomic mass is 10.1. The van der Waals surface area contributed by atoms with Crippen LogP contribution in [0.3, 0.4) is 0 Å². The largest absolute Gasteiger partial charge is 0.352 e. The third-order valence-corrected chi connectivity index (χ3v) is 4.49. The van der Waals surface area contributed by atoms with Crippen LogP contribution in [0.25, 0.3) is 17.1 Å². The van der Waals surface area contributed by atoms with E-state index >= 15 is 0 Å². The fourth-order valence-electron chi connectivity index (χ4n) is 2.55. The molecule has 2 N–H and O–H groups in total. The number of benzene rings is 2. The highest BCUT2D eigenvalue weighted by Crippen LogP contribution is 2.22. The van der Waals surface area contributed by atoms with Crippen LogP contribution in [0.2, 0.25) is 5.02 Å². The lowest BCUT2D eigenvalue weighted by Gasteiger charge is -2.10. The zero-order valence-corrected chi connectivity index (χ0v) is 18.2. The van der Waals surface area contributed by atoms with Crippen LogP contribution in [0.15, 0.2) is 47.3 Å². The number of nitrogens with zero attached hydrogens (tertiary/aromatic N) is 2. The van der Waals surface area contributed by atoms with Crippen LogP contribution < -0.4 is 11.0 Å². The second kappa shape index (κ2) is 10.1. The molecule has 0 radical (unpaired) electrons. The van der Waals surface area contributed by atoms with Crippen molar-refractivity contribution in [2.75, 3.05) is 0 Å². The van der Waals surface area contributed by atoms with Crippen LogP contribution in [0.1, 0.15) is 38.8 Å². The highest BCUT2D eigenvalue weighted by atomic mass is 35.5. The molecule has 1 heterocycles. The Kier molecular flexibility index (Phi) is 7.79. The zero-order valence-electron chi connectivity index (χ0n) is 17.4. The van der Waals surface area contributed by atoms with Gasteiger partial charge in [0.05, 0.1) is 10.7 Å². The van der Waals surface area contributed by atoms with Crippen molar-refractivity contribution in [1.82, 2.24) is 20.1 Å². The summed E-state index contributed by atoms with van der Waals surface area (Å²) >= 11 is 6.29. The minimum atomic E-state index is -0.379. The molecule has 0 saturated carbocycles. The van der Waals surface area contributed by atoms with Gasteiger partial charge in [0.25, 0.3) is 0 Å². The van der Waals surface area contributed by atoms with Crippen LogP contribution in [-0.4, -0.2) is 20.7 Å². The smallest absolute Gasteiger partial charge is 0.348 e. The van der Waals surface area contributed by atoms with E-state index in [0.29, 0.717) is 23.1 Å². The van der Waals surface area contributed by atoms with Gasteiger partial charge < -0.3 is 5.32 Å². The van der Waals surface area contributed by atoms with E-state index in [1.165, 1.54) is 4.68 Å². The number of aromatic amines is 1. The van der Waals surface area contributed by atoms with Gasteiger partial charge in [-0.25, -0.2) is 4.79 Å². The molecule has 0 aliphatic carbocycles. The van der Waals surface area contributed by atoms with Gasteiger partial charge in [-0.3, -0.25) is 9.78 Å². The van der Waals surface area contributed by atoms with Gasteiger partial charge in [0.15, 0.2) is 5.82 Å². The lowest BCUT2D eigenvalue weighted by Crippen LogP contribution is -2.27. The highest BCUT2D eigenvalue weighted by Gasteiger charge is 2.13. The Morgan fingerprint density at radius 3 is 2.45 bits per heavy atom. The first-order chi connectivity index (χ1) is 13.8. The summed E-state index contributed by atoms with van der Waals surface area (Å²) in [6.07, 6.45) is 0. The Bertz CT molecular complexity index is 1020. The van der Waals surface area contributed by atoms with Crippen LogP contribution >= 0.6 is 11.6 Å². The van der Waals surface area contributed by atoms with E-state index in [-0.39, 0.29) is 17.5 Å². The average molecular weight is 415 g/mol. The average Bonchev–Trinajstić information content (AvgIpc) is 3.10. The Morgan fingerprint density at radius 1 is 1.17 bits per heavy atom. The van der Waals surface area contributed by atoms with Gasteiger partial charge in [-0.1, -0.05) is 75.2 Å². The van der Waals surface area contributed by atoms with Crippen molar-refractivity contribution >= 4 is 17.5 Å². The lowest BCUT2D eigenvalue weighted by molar-refractivity contribution is -0.124. The van der Waals surface area contributed by atoms with Gasteiger partial charge in [0.2, 0.25) is 5.91 Å². The third kappa shape index (κ3) is 5.57. The van der Waals surface area contributed by atoms with Crippen LogP contribution in [0.4, 0.5) is 0 Å². The quantitative estimate of drug-likeness (QED) is 0.645. The number of hydrogen-bond acceptors (Lipinski definition) is 3. The van der Waals surface area contributed by atoms with Crippen molar-refractivity contribution in [3.8, 4) is 17.1 Å². The summed E-state index contributed by atoms with van der Waals surface area (Å²) in [5.41, 5.74) is 2.85. The number of amides is 1. The molecule has 0 aliphatic heterocycles. The van der Waals surface area contributed by atoms with Gasteiger partial charge in [0, 0.05) is 18.0 Å². The van der Waals surface area contributed by atoms with Crippen molar-refractivity contribution in [2.24, 2.45) is 5.92 Å². The van der Waals surface area contributed by atoms with E-state index < -0.39 is 0 Å². The first-order valence-electron chi connectivity index (χ1n) is 9.68. The molecule has 1 aromatic heterocycles. The van der Waals surface area contributed by atoms with E-state index in [1.807, 2.05) is 65.0 Å². The molecule has 3 aromatic rings. The monoisotopic (exact) mass is 414 g/mol. The molecule has 154 valence electrons. The predicted molar refractivity (Wildman–Crippen MR) is 117 cm³/mol. The van der Waals surface area contributed by atoms with Gasteiger partial charge >= 0.3 is 5.69 Å². The molecular weight excluding hydrogens is 388 g/mol. The van der Waals surface area contributed by atoms with Gasteiger partial charge in [-0.15, -0.1) is 5.10 Å². The van der Waals surface area contributed by atoms with E-state index in [1.54, 1.807) is 12.1 Å². The second-order valence-electron chi connectivity index (χ2n) is 6.71. The minimum Gasteiger partial charge on any atom is -0.352 e. The molecule has 0 saturated heterocycles. The standard InChI is InChI=1S/C20H21ClN4O2.C2H6/c1-12(2)19(26)22-11-14-6-9-16(21)17(10-14)25-20(27)23-18(24-25)15-7-4-13(3)5-8-15;1-2/h4-10,12H,11H2,1-3H3,(H,22,26)(H,23,24,27);1-2H3. The fraction of sp³-hybridized carbons (Fsp3) is 0.318. The summed E-state index contributed by atoms with van der Waals surface area (Å²) in [4.78, 5) is 26.9. The summed E-state index contributed by atoms with van der Waals surface area (Å²) in [7, 11) is 0. The highest BCUT2D eigenvalue weighted by molar-refractivity contribution is 6.32. The van der Waals surface area contributed by atoms with Crippen LogP contribution in [0.5, 0.6) is 0 Å². The molecule has 0 spiro atoms. The van der Waals surface area contributed by atoms with E-state index in [9.17, 15) is 9.59 Å². The fourth-order valence-corrected chi connectivity index (χ4v) is 2.75. The van der Waals surface area contributed by atoms with Crippen molar-refractivity contribution in [3.05, 3.63) is 69.1 Å². The number of carbonyl (C=O) groups is 1. The first kappa shape index (κ1) is 22.4. The minimum absolute atomic E-state index is 0.0370. The number of H-pyrrole nitrogens is 1. The molecular formula is C22H27ClN4O2. The van der Waals surface area contributed by atoms with Gasteiger partial charge in [-0.2, -0.15) is 4.68 Å². The summed E-state index contributed by atoms with van der Waals surface area (Å²) in [6, 6.07) is 13.0. The zero-order chi connectivity index (χ0) is 21.6. The van der Waals surface area contributed by atoms with Gasteiger partial charge in [0.1, 0.15) is 0 Å². The predicted octanol–water partition coefficient (Wildman–Crippen LogP) is 4.49. The number of halogens is 1. The number of carbonyl (C=O) groups excluding carboxylic acids is 1. The summed E-state index contributed by atoms with van der Waals surface area (Å²) in [6.45, 7) is 10.0. The Labute approximate surface area is 175 Å². The first-order valence-corrected chi connectivity index (χ1v) is 10.1. The third-order valence-electron chi connectivity index (χ3n) is 4.17. The maximum Gasteiger partial charge on any atom is 0.348 e. The van der Waals surface area contributed by atoms with E-state index in [0.717, 1.165) is 16.7 Å². The van der Waals surface area contributed by atoms with Crippen LogP contribution in [0, 0.1) is 12.8 Å². The molecule has 0 fully saturated rings. The van der Waals surface area contributed by atoms with Crippen molar-refractivity contribution in [3.63, 3.8) is 0 Å². The second-order valence-corrected chi connectivity index (χ2v) is 7.12. The molecule has 0 atom stereocenters. The Balaban J connectivity index is 0.00000145. The molecule has 1 amide bonds. The summed E-state index contributed by atoms with van der Waals surface area (Å²) < 4.78 is 1.24. The SMILES string of the molecule is CC.Cc1ccc(-c2nn(-c3cc(CNC(=O)C(C)C)ccc3Cl)c(=O)[nH]2)cc1. The number of nitrogens with one attached hydrogen (secondary N) is 2. The number of aromatic nitrogens is 3. The van der Waals surface area contributed by atoms with E-state index in [4.69, 9.17) is 11.6 Å². The topological polar surface area (TPSA) is 79.8 Å². The molecule has 0 bridgehead atoms. The number of rotatable bonds is 5. The number of aryl methyl sites for hydroxylation is 1. The summed E-state index contributed by atoms with van der Waals surface area (Å²) in [5.74, 6) is 0.336. The maximum absolute atomic E-state index is 12.4. The Morgan fingerprint density at radius 2 is 1.83 bits per heavy atom. The molecule has 0 aliphatic rings. The van der Waals surface area contributed by atoms with Crippen molar-refractivity contribution in [1.29, 1.82) is 0 Å².